The molecule has 0 radical (unpaired) electrons. The van der Waals surface area contributed by atoms with Crippen LogP contribution in [0.4, 0.5) is 5.82 Å². The van der Waals surface area contributed by atoms with E-state index in [1.54, 1.807) is 36.5 Å². The first-order chi connectivity index (χ1) is 9.17. The Bertz CT molecular complexity index is 628. The van der Waals surface area contributed by atoms with Crippen LogP contribution in [0.3, 0.4) is 0 Å². The molecular formula is C13H12N4O2. The second-order valence-corrected chi connectivity index (χ2v) is 3.91. The van der Waals surface area contributed by atoms with Crippen molar-refractivity contribution < 1.29 is 9.53 Å². The number of nitrogens with two attached hydrogens (primary N) is 1. The van der Waals surface area contributed by atoms with Crippen LogP contribution in [-0.4, -0.2) is 15.7 Å². The fraction of sp³-hybridized carbons (Fsp3) is 0.154. The van der Waals surface area contributed by atoms with Crippen LogP contribution in [0.1, 0.15) is 11.1 Å². The first-order valence-corrected chi connectivity index (χ1v) is 5.61. The summed E-state index contributed by atoms with van der Waals surface area (Å²) in [5.74, 6) is -0.0556. The molecule has 1 aromatic carbocycles. The molecule has 19 heavy (non-hydrogen) atoms. The molecule has 1 heterocycles. The Balaban J connectivity index is 1.88. The van der Waals surface area contributed by atoms with Crippen LogP contribution in [0.5, 0.6) is 0 Å². The predicted molar refractivity (Wildman–Crippen MR) is 67.6 cm³/mol. The number of nitrogens with zero attached hydrogens (tertiary/aromatic N) is 3. The number of nitrogen functional groups attached to an aromatic ring is 1. The number of aromatic nitrogens is 2. The molecule has 6 heteroatoms. The van der Waals surface area contributed by atoms with Gasteiger partial charge in [0.1, 0.15) is 19.0 Å². The third-order valence-corrected chi connectivity index (χ3v) is 2.41. The van der Waals surface area contributed by atoms with E-state index in [0.29, 0.717) is 11.4 Å². The van der Waals surface area contributed by atoms with E-state index < -0.39 is 5.97 Å². The highest BCUT2D eigenvalue weighted by Gasteiger charge is 2.06. The van der Waals surface area contributed by atoms with Gasteiger partial charge in [0.15, 0.2) is 0 Å². The van der Waals surface area contributed by atoms with Crippen molar-refractivity contribution in [2.75, 3.05) is 5.73 Å². The Morgan fingerprint density at radius 1 is 1.47 bits per heavy atom. The summed E-state index contributed by atoms with van der Waals surface area (Å²) in [4.78, 5) is 11.6. The van der Waals surface area contributed by atoms with E-state index in [2.05, 4.69) is 5.10 Å². The highest BCUT2D eigenvalue weighted by atomic mass is 16.5. The Morgan fingerprint density at radius 2 is 2.32 bits per heavy atom. The van der Waals surface area contributed by atoms with Gasteiger partial charge in [-0.25, -0.2) is 0 Å². The van der Waals surface area contributed by atoms with Crippen LogP contribution in [0.15, 0.2) is 36.5 Å². The molecular weight excluding hydrogens is 244 g/mol. The van der Waals surface area contributed by atoms with Gasteiger partial charge in [-0.3, -0.25) is 9.48 Å². The zero-order chi connectivity index (χ0) is 13.7. The van der Waals surface area contributed by atoms with E-state index in [0.717, 1.165) is 5.56 Å². The monoisotopic (exact) mass is 256 g/mol. The molecule has 96 valence electrons. The number of ether oxygens (including phenoxy) is 1. The highest BCUT2D eigenvalue weighted by Crippen LogP contribution is 2.06. The number of esters is 1. The molecule has 0 atom stereocenters. The lowest BCUT2D eigenvalue weighted by Crippen LogP contribution is -2.14. The van der Waals surface area contributed by atoms with Crippen molar-refractivity contribution in [1.29, 1.82) is 5.26 Å². The van der Waals surface area contributed by atoms with Crippen molar-refractivity contribution in [3.05, 3.63) is 47.7 Å². The lowest BCUT2D eigenvalue weighted by molar-refractivity contribution is -0.145. The van der Waals surface area contributed by atoms with Gasteiger partial charge >= 0.3 is 5.97 Å². The van der Waals surface area contributed by atoms with Gasteiger partial charge in [-0.1, -0.05) is 12.1 Å². The van der Waals surface area contributed by atoms with Gasteiger partial charge < -0.3 is 10.5 Å². The van der Waals surface area contributed by atoms with Crippen molar-refractivity contribution in [3.8, 4) is 6.07 Å². The first-order valence-electron chi connectivity index (χ1n) is 5.61. The molecule has 0 spiro atoms. The SMILES string of the molecule is N#Cc1cccc(COC(=O)Cn2ccc(N)n2)c1. The maximum atomic E-state index is 11.6. The molecule has 2 N–H and O–H groups in total. The molecule has 0 saturated heterocycles. The fourth-order valence-electron chi connectivity index (χ4n) is 1.54. The van der Waals surface area contributed by atoms with Gasteiger partial charge in [0.2, 0.25) is 0 Å². The van der Waals surface area contributed by atoms with Crippen molar-refractivity contribution in [3.63, 3.8) is 0 Å². The topological polar surface area (TPSA) is 93.9 Å². The average molecular weight is 256 g/mol. The fourth-order valence-corrected chi connectivity index (χ4v) is 1.54. The number of hydrogen-bond acceptors (Lipinski definition) is 5. The molecule has 2 rings (SSSR count). The van der Waals surface area contributed by atoms with Gasteiger partial charge in [0.25, 0.3) is 0 Å². The van der Waals surface area contributed by atoms with Gasteiger partial charge in [0, 0.05) is 6.20 Å². The second kappa shape index (κ2) is 5.69. The Labute approximate surface area is 110 Å². The van der Waals surface area contributed by atoms with E-state index in [4.69, 9.17) is 15.7 Å². The summed E-state index contributed by atoms with van der Waals surface area (Å²) < 4.78 is 6.50. The minimum Gasteiger partial charge on any atom is -0.459 e. The van der Waals surface area contributed by atoms with E-state index in [9.17, 15) is 4.79 Å². The molecule has 6 nitrogen and oxygen atoms in total. The largest absolute Gasteiger partial charge is 0.459 e. The zero-order valence-corrected chi connectivity index (χ0v) is 10.1. The minimum atomic E-state index is -0.412. The van der Waals surface area contributed by atoms with Crippen LogP contribution in [0.25, 0.3) is 0 Å². The van der Waals surface area contributed by atoms with E-state index in [-0.39, 0.29) is 13.2 Å². The van der Waals surface area contributed by atoms with Gasteiger partial charge in [-0.05, 0) is 23.8 Å². The molecule has 0 fully saturated rings. The van der Waals surface area contributed by atoms with E-state index in [1.807, 2.05) is 6.07 Å². The molecule has 1 aromatic heterocycles. The average Bonchev–Trinajstić information content (AvgIpc) is 2.82. The maximum Gasteiger partial charge on any atom is 0.328 e. The lowest BCUT2D eigenvalue weighted by atomic mass is 10.1. The van der Waals surface area contributed by atoms with Gasteiger partial charge in [-0.2, -0.15) is 10.4 Å². The Kier molecular flexibility index (Phi) is 3.78. The summed E-state index contributed by atoms with van der Waals surface area (Å²) in [7, 11) is 0. The summed E-state index contributed by atoms with van der Waals surface area (Å²) in [6.07, 6.45) is 1.60. The summed E-state index contributed by atoms with van der Waals surface area (Å²) in [5, 5.41) is 12.6. The smallest absolute Gasteiger partial charge is 0.328 e. The summed E-state index contributed by atoms with van der Waals surface area (Å²) in [5.41, 5.74) is 6.74. The lowest BCUT2D eigenvalue weighted by Gasteiger charge is -2.05. The summed E-state index contributed by atoms with van der Waals surface area (Å²) in [6, 6.07) is 10.5. The number of carbonyl (C=O) groups is 1. The third kappa shape index (κ3) is 3.57. The Hall–Kier alpha value is -2.81. The number of rotatable bonds is 4. The Morgan fingerprint density at radius 3 is 3.00 bits per heavy atom. The van der Waals surface area contributed by atoms with Crippen molar-refractivity contribution in [2.45, 2.75) is 13.2 Å². The minimum absolute atomic E-state index is 0.00907. The highest BCUT2D eigenvalue weighted by molar-refractivity contribution is 5.69. The van der Waals surface area contributed by atoms with Gasteiger partial charge in [0.05, 0.1) is 11.6 Å². The number of nitriles is 1. The molecule has 0 aliphatic carbocycles. The molecule has 0 aliphatic heterocycles. The quantitative estimate of drug-likeness (QED) is 0.826. The van der Waals surface area contributed by atoms with Crippen molar-refractivity contribution in [2.24, 2.45) is 0 Å². The van der Waals surface area contributed by atoms with Crippen molar-refractivity contribution >= 4 is 11.8 Å². The molecule has 0 bridgehead atoms. The van der Waals surface area contributed by atoms with Gasteiger partial charge in [-0.15, -0.1) is 0 Å². The number of anilines is 1. The van der Waals surface area contributed by atoms with Crippen LogP contribution >= 0.6 is 0 Å². The normalized spacial score (nSPS) is 9.84. The standard InChI is InChI=1S/C13H12N4O2/c14-7-10-2-1-3-11(6-10)9-19-13(18)8-17-5-4-12(15)16-17/h1-6H,8-9H2,(H2,15,16). The van der Waals surface area contributed by atoms with Crippen molar-refractivity contribution in [1.82, 2.24) is 9.78 Å². The molecule has 0 aliphatic rings. The maximum absolute atomic E-state index is 11.6. The number of carbonyl (C=O) groups excluding carboxylic acids is 1. The summed E-state index contributed by atoms with van der Waals surface area (Å²) in [6.45, 7) is 0.139. The van der Waals surface area contributed by atoms with Crippen LogP contribution in [0, 0.1) is 11.3 Å². The van der Waals surface area contributed by atoms with E-state index in [1.165, 1.54) is 4.68 Å². The number of hydrogen-bond donors (Lipinski definition) is 1. The number of benzene rings is 1. The molecule has 0 amide bonds. The first kappa shape index (κ1) is 12.6. The molecule has 2 aromatic rings. The summed E-state index contributed by atoms with van der Waals surface area (Å²) >= 11 is 0. The predicted octanol–water partition coefficient (Wildman–Crippen LogP) is 1.08. The third-order valence-electron chi connectivity index (χ3n) is 2.41. The zero-order valence-electron chi connectivity index (χ0n) is 10.1. The second-order valence-electron chi connectivity index (χ2n) is 3.91. The van der Waals surface area contributed by atoms with E-state index >= 15 is 0 Å². The van der Waals surface area contributed by atoms with Crippen LogP contribution < -0.4 is 5.73 Å². The molecule has 0 unspecified atom stereocenters. The molecule has 0 saturated carbocycles. The van der Waals surface area contributed by atoms with Crippen LogP contribution in [-0.2, 0) is 22.7 Å². The van der Waals surface area contributed by atoms with Crippen LogP contribution in [0.2, 0.25) is 0 Å².